The highest BCUT2D eigenvalue weighted by molar-refractivity contribution is 14.0. The normalized spacial score (nSPS) is 11.7. The molecule has 0 aliphatic rings. The van der Waals surface area contributed by atoms with Crippen molar-refractivity contribution in [2.75, 3.05) is 0 Å². The molecule has 1 unspecified atom stereocenters. The summed E-state index contributed by atoms with van der Waals surface area (Å²) in [4.78, 5) is 0. The van der Waals surface area contributed by atoms with Crippen LogP contribution in [0.4, 0.5) is 0 Å². The first-order chi connectivity index (χ1) is 13.2. The smallest absolute Gasteiger partial charge is 0.0265 e. The van der Waals surface area contributed by atoms with E-state index in [2.05, 4.69) is 107 Å². The van der Waals surface area contributed by atoms with E-state index in [1.807, 2.05) is 0 Å². The van der Waals surface area contributed by atoms with Crippen LogP contribution in [0.5, 0.6) is 0 Å². The molecule has 0 amide bonds. The van der Waals surface area contributed by atoms with Crippen molar-refractivity contribution in [2.45, 2.75) is 128 Å². The minimum Gasteiger partial charge on any atom is -0.107 e. The summed E-state index contributed by atoms with van der Waals surface area (Å²) in [7, 11) is 0. The van der Waals surface area contributed by atoms with Crippen LogP contribution in [-0.2, 0) is 0 Å². The van der Waals surface area contributed by atoms with Gasteiger partial charge in [0, 0.05) is 0 Å². The van der Waals surface area contributed by atoms with Gasteiger partial charge < -0.3 is 0 Å². The van der Waals surface area contributed by atoms with E-state index < -0.39 is 0 Å². The van der Waals surface area contributed by atoms with Gasteiger partial charge in [0.05, 0.1) is 0 Å². The SMILES string of the molecule is C/C=C(\C)CCC.C/C=C/C(C)CC.C=C(CC)CCC.CC/C=C(\C)CC.I. The molecule has 176 valence electrons. The molecule has 0 aromatic heterocycles. The Morgan fingerprint density at radius 2 is 1.34 bits per heavy atom. The molecule has 0 fully saturated rings. The zero-order valence-electron chi connectivity index (χ0n) is 22.2. The molecule has 1 atom stereocenters. The Kier molecular flexibility index (Phi) is 47.5. The van der Waals surface area contributed by atoms with E-state index in [4.69, 9.17) is 0 Å². The Balaban J connectivity index is -0.0000000873. The average Bonchev–Trinajstić information content (AvgIpc) is 2.70. The number of hydrogen-bond donors (Lipinski definition) is 0. The van der Waals surface area contributed by atoms with E-state index in [0.29, 0.717) is 0 Å². The maximum absolute atomic E-state index is 3.86. The lowest BCUT2D eigenvalue weighted by Crippen LogP contribution is -1.81. The standard InChI is InChI=1S/4C7H14.HI/c4*1-4-6-7(3)5-2;/h6H,4-5H2,1-3H3;5H,4,6H2,1-3H3;4,6-7H,5H2,1-3H3;3-6H2,1-2H3;1H/b7-6+;7-5+;6-4+;;. The molecule has 0 rings (SSSR count). The molecule has 0 spiro atoms. The fourth-order valence-corrected chi connectivity index (χ4v) is 2.03. The summed E-state index contributed by atoms with van der Waals surface area (Å²) in [5, 5.41) is 0. The van der Waals surface area contributed by atoms with Crippen molar-refractivity contribution in [1.82, 2.24) is 0 Å². The first kappa shape index (κ1) is 39.2. The second kappa shape index (κ2) is 35.1. The van der Waals surface area contributed by atoms with Crippen molar-refractivity contribution in [3.05, 3.63) is 47.6 Å². The van der Waals surface area contributed by atoms with Gasteiger partial charge in [-0.1, -0.05) is 115 Å². The summed E-state index contributed by atoms with van der Waals surface area (Å²) >= 11 is 0. The maximum Gasteiger partial charge on any atom is -0.0265 e. The Bertz CT molecular complexity index is 385. The Labute approximate surface area is 204 Å². The van der Waals surface area contributed by atoms with Crippen LogP contribution < -0.4 is 0 Å². The quantitative estimate of drug-likeness (QED) is 0.209. The van der Waals surface area contributed by atoms with E-state index in [1.54, 1.807) is 0 Å². The first-order valence-corrected chi connectivity index (χ1v) is 11.8. The van der Waals surface area contributed by atoms with E-state index in [0.717, 1.165) is 12.3 Å². The summed E-state index contributed by atoms with van der Waals surface area (Å²) in [6.07, 6.45) is 18.5. The Hall–Kier alpha value is -0.310. The molecular formula is C28H57I. The van der Waals surface area contributed by atoms with Crippen molar-refractivity contribution in [3.8, 4) is 0 Å². The zero-order valence-corrected chi connectivity index (χ0v) is 24.5. The second-order valence-electron chi connectivity index (χ2n) is 7.46. The van der Waals surface area contributed by atoms with Gasteiger partial charge in [0.2, 0.25) is 0 Å². The summed E-state index contributed by atoms with van der Waals surface area (Å²) in [6.45, 7) is 27.7. The van der Waals surface area contributed by atoms with E-state index >= 15 is 0 Å². The molecule has 0 heterocycles. The summed E-state index contributed by atoms with van der Waals surface area (Å²) < 4.78 is 0. The molecule has 0 radical (unpaired) electrons. The lowest BCUT2D eigenvalue weighted by molar-refractivity contribution is 0.697. The second-order valence-corrected chi connectivity index (χ2v) is 7.46. The third kappa shape index (κ3) is 47.1. The van der Waals surface area contributed by atoms with Crippen molar-refractivity contribution in [1.29, 1.82) is 0 Å². The van der Waals surface area contributed by atoms with Crippen molar-refractivity contribution < 1.29 is 0 Å². The highest BCUT2D eigenvalue weighted by Crippen LogP contribution is 2.04. The Morgan fingerprint density at radius 1 is 0.828 bits per heavy atom. The van der Waals surface area contributed by atoms with Gasteiger partial charge in [0.25, 0.3) is 0 Å². The fourth-order valence-electron chi connectivity index (χ4n) is 2.03. The largest absolute Gasteiger partial charge is 0.107 e. The third-order valence-electron chi connectivity index (χ3n) is 4.52. The molecule has 0 aromatic carbocycles. The molecule has 0 nitrogen and oxygen atoms in total. The van der Waals surface area contributed by atoms with Gasteiger partial charge in [0.1, 0.15) is 0 Å². The van der Waals surface area contributed by atoms with Gasteiger partial charge in [-0.2, -0.15) is 0 Å². The highest BCUT2D eigenvalue weighted by Gasteiger charge is 1.86. The summed E-state index contributed by atoms with van der Waals surface area (Å²) in [6, 6.07) is 0. The third-order valence-corrected chi connectivity index (χ3v) is 4.52. The predicted molar refractivity (Wildman–Crippen MR) is 153 cm³/mol. The van der Waals surface area contributed by atoms with Crippen LogP contribution in [0, 0.1) is 5.92 Å². The van der Waals surface area contributed by atoms with Crippen LogP contribution in [-0.4, -0.2) is 0 Å². The maximum atomic E-state index is 3.86. The lowest BCUT2D eigenvalue weighted by Gasteiger charge is -1.95. The van der Waals surface area contributed by atoms with E-state index in [1.165, 1.54) is 61.7 Å². The van der Waals surface area contributed by atoms with Crippen molar-refractivity contribution in [3.63, 3.8) is 0 Å². The average molecular weight is 521 g/mol. The van der Waals surface area contributed by atoms with Crippen LogP contribution in [0.25, 0.3) is 0 Å². The molecule has 0 saturated carbocycles. The summed E-state index contributed by atoms with van der Waals surface area (Å²) in [5.74, 6) is 0.769. The van der Waals surface area contributed by atoms with Gasteiger partial charge in [0.15, 0.2) is 0 Å². The van der Waals surface area contributed by atoms with Crippen LogP contribution in [0.2, 0.25) is 0 Å². The Morgan fingerprint density at radius 3 is 1.48 bits per heavy atom. The van der Waals surface area contributed by atoms with Gasteiger partial charge in [-0.05, 0) is 65.7 Å². The number of allylic oxidation sites excluding steroid dienone is 7. The number of halogens is 1. The van der Waals surface area contributed by atoms with Gasteiger partial charge in [-0.15, -0.1) is 24.0 Å². The monoisotopic (exact) mass is 520 g/mol. The van der Waals surface area contributed by atoms with Crippen molar-refractivity contribution >= 4 is 24.0 Å². The van der Waals surface area contributed by atoms with Crippen molar-refractivity contribution in [2.24, 2.45) is 5.92 Å². The zero-order chi connectivity index (χ0) is 22.8. The van der Waals surface area contributed by atoms with Gasteiger partial charge in [-0.25, -0.2) is 0 Å². The number of rotatable bonds is 9. The fraction of sp³-hybridized carbons (Fsp3) is 0.714. The van der Waals surface area contributed by atoms with E-state index in [-0.39, 0.29) is 24.0 Å². The minimum atomic E-state index is 0. The highest BCUT2D eigenvalue weighted by atomic mass is 127. The molecular weight excluding hydrogens is 463 g/mol. The van der Waals surface area contributed by atoms with Crippen LogP contribution >= 0.6 is 24.0 Å². The van der Waals surface area contributed by atoms with Crippen LogP contribution in [0.1, 0.15) is 128 Å². The summed E-state index contributed by atoms with van der Waals surface area (Å²) in [5.41, 5.74) is 4.38. The topological polar surface area (TPSA) is 0 Å². The van der Waals surface area contributed by atoms with Crippen LogP contribution in [0.3, 0.4) is 0 Å². The first-order valence-electron chi connectivity index (χ1n) is 11.8. The predicted octanol–water partition coefficient (Wildman–Crippen LogP) is 11.5. The molecule has 0 saturated heterocycles. The molecule has 0 aliphatic heterocycles. The molecule has 1 heteroatoms. The van der Waals surface area contributed by atoms with E-state index in [9.17, 15) is 0 Å². The number of hydrogen-bond acceptors (Lipinski definition) is 0. The minimum absolute atomic E-state index is 0. The molecule has 29 heavy (non-hydrogen) atoms. The molecule has 0 aromatic rings. The lowest BCUT2D eigenvalue weighted by atomic mass is 10.1. The van der Waals surface area contributed by atoms with Gasteiger partial charge >= 0.3 is 0 Å². The van der Waals surface area contributed by atoms with Gasteiger partial charge in [-0.3, -0.25) is 0 Å². The van der Waals surface area contributed by atoms with Crippen LogP contribution in [0.15, 0.2) is 47.6 Å². The molecule has 0 aliphatic carbocycles. The molecule has 0 N–H and O–H groups in total. The molecule has 0 bridgehead atoms.